The molecule has 0 aliphatic heterocycles. The number of carbonyl (C=O) groups excluding carboxylic acids is 1. The van der Waals surface area contributed by atoms with Crippen molar-refractivity contribution in [3.8, 4) is 0 Å². The SMILES string of the molecule is CC(C)OCC(=O)N(C)Cc1ccc(Cl)cc1Cl. The Balaban J connectivity index is 2.58. The van der Waals surface area contributed by atoms with Crippen LogP contribution in [0.4, 0.5) is 0 Å². The first kappa shape index (κ1) is 15.3. The van der Waals surface area contributed by atoms with Gasteiger partial charge in [-0.25, -0.2) is 0 Å². The molecule has 3 nitrogen and oxygen atoms in total. The lowest BCUT2D eigenvalue weighted by atomic mass is 10.2. The van der Waals surface area contributed by atoms with E-state index in [0.717, 1.165) is 5.56 Å². The van der Waals surface area contributed by atoms with E-state index in [9.17, 15) is 4.79 Å². The quantitative estimate of drug-likeness (QED) is 0.832. The second-order valence-corrected chi connectivity index (χ2v) is 5.19. The minimum atomic E-state index is -0.0743. The van der Waals surface area contributed by atoms with Crippen LogP contribution in [0, 0.1) is 0 Å². The van der Waals surface area contributed by atoms with E-state index in [-0.39, 0.29) is 18.6 Å². The van der Waals surface area contributed by atoms with Crippen molar-refractivity contribution in [3.05, 3.63) is 33.8 Å². The van der Waals surface area contributed by atoms with Crippen molar-refractivity contribution >= 4 is 29.1 Å². The van der Waals surface area contributed by atoms with Crippen LogP contribution in [-0.2, 0) is 16.1 Å². The summed E-state index contributed by atoms with van der Waals surface area (Å²) in [7, 11) is 1.72. The molecule has 1 rings (SSSR count). The fourth-order valence-electron chi connectivity index (χ4n) is 1.34. The second-order valence-electron chi connectivity index (χ2n) is 4.35. The Morgan fingerprint density at radius 1 is 1.39 bits per heavy atom. The molecule has 0 radical (unpaired) electrons. The smallest absolute Gasteiger partial charge is 0.248 e. The van der Waals surface area contributed by atoms with E-state index in [2.05, 4.69) is 0 Å². The van der Waals surface area contributed by atoms with Gasteiger partial charge in [-0.15, -0.1) is 0 Å². The topological polar surface area (TPSA) is 29.5 Å². The third kappa shape index (κ3) is 4.84. The number of carbonyl (C=O) groups is 1. The van der Waals surface area contributed by atoms with Gasteiger partial charge in [-0.05, 0) is 31.5 Å². The zero-order chi connectivity index (χ0) is 13.7. The molecule has 0 atom stereocenters. The van der Waals surface area contributed by atoms with E-state index < -0.39 is 0 Å². The van der Waals surface area contributed by atoms with Crippen molar-refractivity contribution in [3.63, 3.8) is 0 Å². The predicted molar refractivity (Wildman–Crippen MR) is 74.0 cm³/mol. The average Bonchev–Trinajstić information content (AvgIpc) is 2.29. The molecular formula is C13H17Cl2NO2. The molecular weight excluding hydrogens is 273 g/mol. The lowest BCUT2D eigenvalue weighted by Crippen LogP contribution is -2.30. The Kier molecular flexibility index (Phi) is 5.93. The van der Waals surface area contributed by atoms with Gasteiger partial charge >= 0.3 is 0 Å². The number of amides is 1. The number of rotatable bonds is 5. The summed E-state index contributed by atoms with van der Waals surface area (Å²) in [5.74, 6) is -0.0743. The molecule has 0 saturated heterocycles. The van der Waals surface area contributed by atoms with E-state index in [1.807, 2.05) is 19.9 Å². The van der Waals surface area contributed by atoms with Crippen LogP contribution in [0.5, 0.6) is 0 Å². The maximum atomic E-state index is 11.8. The summed E-state index contributed by atoms with van der Waals surface area (Å²) in [5.41, 5.74) is 0.862. The molecule has 0 fully saturated rings. The van der Waals surface area contributed by atoms with Crippen LogP contribution in [0.2, 0.25) is 10.0 Å². The monoisotopic (exact) mass is 289 g/mol. The number of likely N-dealkylation sites (N-methyl/N-ethyl adjacent to an activating group) is 1. The summed E-state index contributed by atoms with van der Waals surface area (Å²) in [4.78, 5) is 13.3. The molecule has 1 aromatic rings. The van der Waals surface area contributed by atoms with E-state index >= 15 is 0 Å². The molecule has 100 valence electrons. The Hall–Kier alpha value is -0.770. The summed E-state index contributed by atoms with van der Waals surface area (Å²) in [6.45, 7) is 4.31. The predicted octanol–water partition coefficient (Wildman–Crippen LogP) is 3.38. The van der Waals surface area contributed by atoms with Gasteiger partial charge in [0.25, 0.3) is 0 Å². The highest BCUT2D eigenvalue weighted by Gasteiger charge is 2.12. The number of hydrogen-bond donors (Lipinski definition) is 0. The maximum absolute atomic E-state index is 11.8. The fraction of sp³-hybridized carbons (Fsp3) is 0.462. The van der Waals surface area contributed by atoms with Gasteiger partial charge in [0, 0.05) is 23.6 Å². The number of halogens is 2. The van der Waals surface area contributed by atoms with Crippen LogP contribution in [-0.4, -0.2) is 30.6 Å². The van der Waals surface area contributed by atoms with Gasteiger partial charge in [-0.1, -0.05) is 29.3 Å². The average molecular weight is 290 g/mol. The molecule has 0 spiro atoms. The second kappa shape index (κ2) is 6.98. The maximum Gasteiger partial charge on any atom is 0.248 e. The first-order chi connectivity index (χ1) is 8.40. The highest BCUT2D eigenvalue weighted by molar-refractivity contribution is 6.35. The molecule has 0 unspecified atom stereocenters. The normalized spacial score (nSPS) is 10.8. The van der Waals surface area contributed by atoms with Gasteiger partial charge in [0.1, 0.15) is 6.61 Å². The van der Waals surface area contributed by atoms with Crippen LogP contribution in [0.1, 0.15) is 19.4 Å². The van der Waals surface area contributed by atoms with Crippen LogP contribution in [0.3, 0.4) is 0 Å². The lowest BCUT2D eigenvalue weighted by Gasteiger charge is -2.19. The summed E-state index contributed by atoms with van der Waals surface area (Å²) in [6.07, 6.45) is 0.0430. The molecule has 0 saturated carbocycles. The zero-order valence-corrected chi connectivity index (χ0v) is 12.3. The van der Waals surface area contributed by atoms with Gasteiger partial charge in [0.15, 0.2) is 0 Å². The van der Waals surface area contributed by atoms with Crippen LogP contribution in [0.25, 0.3) is 0 Å². The molecule has 1 amide bonds. The Morgan fingerprint density at radius 3 is 2.61 bits per heavy atom. The molecule has 0 aromatic heterocycles. The molecule has 0 aliphatic rings. The number of hydrogen-bond acceptors (Lipinski definition) is 2. The third-order valence-corrected chi connectivity index (χ3v) is 2.98. The molecule has 0 N–H and O–H groups in total. The summed E-state index contributed by atoms with van der Waals surface area (Å²) < 4.78 is 5.27. The van der Waals surface area contributed by atoms with Gasteiger partial charge in [0.2, 0.25) is 5.91 Å². The minimum Gasteiger partial charge on any atom is -0.369 e. The largest absolute Gasteiger partial charge is 0.369 e. The first-order valence-corrected chi connectivity index (χ1v) is 6.45. The highest BCUT2D eigenvalue weighted by atomic mass is 35.5. The standard InChI is InChI=1S/C13H17Cl2NO2/c1-9(2)18-8-13(17)16(3)7-10-4-5-11(14)6-12(10)15/h4-6,9H,7-8H2,1-3H3. The fourth-order valence-corrected chi connectivity index (χ4v) is 1.81. The van der Waals surface area contributed by atoms with E-state index in [0.29, 0.717) is 16.6 Å². The van der Waals surface area contributed by atoms with E-state index in [4.69, 9.17) is 27.9 Å². The Bertz CT molecular complexity index is 421. The molecule has 18 heavy (non-hydrogen) atoms. The zero-order valence-electron chi connectivity index (χ0n) is 10.7. The summed E-state index contributed by atoms with van der Waals surface area (Å²) in [5, 5.41) is 1.15. The van der Waals surface area contributed by atoms with Gasteiger partial charge in [-0.2, -0.15) is 0 Å². The van der Waals surface area contributed by atoms with Gasteiger partial charge < -0.3 is 9.64 Å². The van der Waals surface area contributed by atoms with E-state index in [1.54, 1.807) is 24.1 Å². The summed E-state index contributed by atoms with van der Waals surface area (Å²) in [6, 6.07) is 5.24. The van der Waals surface area contributed by atoms with Gasteiger partial charge in [0.05, 0.1) is 6.10 Å². The van der Waals surface area contributed by atoms with Crippen LogP contribution >= 0.6 is 23.2 Å². The van der Waals surface area contributed by atoms with Crippen molar-refractivity contribution < 1.29 is 9.53 Å². The third-order valence-electron chi connectivity index (χ3n) is 2.39. The molecule has 0 aliphatic carbocycles. The molecule has 1 aromatic carbocycles. The first-order valence-electron chi connectivity index (χ1n) is 5.69. The summed E-state index contributed by atoms with van der Waals surface area (Å²) >= 11 is 11.9. The molecule has 0 heterocycles. The van der Waals surface area contributed by atoms with E-state index in [1.165, 1.54) is 0 Å². The van der Waals surface area contributed by atoms with Crippen molar-refractivity contribution in [2.75, 3.05) is 13.7 Å². The molecule has 5 heteroatoms. The lowest BCUT2D eigenvalue weighted by molar-refractivity contribution is -0.136. The Labute approximate surface area is 118 Å². The van der Waals surface area contributed by atoms with Gasteiger partial charge in [-0.3, -0.25) is 4.79 Å². The van der Waals surface area contributed by atoms with Crippen molar-refractivity contribution in [2.45, 2.75) is 26.5 Å². The van der Waals surface area contributed by atoms with Crippen molar-refractivity contribution in [1.82, 2.24) is 4.90 Å². The number of nitrogens with zero attached hydrogens (tertiary/aromatic N) is 1. The Morgan fingerprint density at radius 2 is 2.06 bits per heavy atom. The molecule has 0 bridgehead atoms. The number of benzene rings is 1. The van der Waals surface area contributed by atoms with Crippen molar-refractivity contribution in [1.29, 1.82) is 0 Å². The van der Waals surface area contributed by atoms with Crippen LogP contribution in [0.15, 0.2) is 18.2 Å². The number of ether oxygens (including phenoxy) is 1. The highest BCUT2D eigenvalue weighted by Crippen LogP contribution is 2.21. The minimum absolute atomic E-state index is 0.0430. The van der Waals surface area contributed by atoms with Crippen LogP contribution < -0.4 is 0 Å². The van der Waals surface area contributed by atoms with Crippen molar-refractivity contribution in [2.24, 2.45) is 0 Å².